The summed E-state index contributed by atoms with van der Waals surface area (Å²) in [5.74, 6) is 1.08. The number of anilines is 1. The summed E-state index contributed by atoms with van der Waals surface area (Å²) < 4.78 is 0. The van der Waals surface area contributed by atoms with E-state index in [0.29, 0.717) is 6.04 Å². The lowest BCUT2D eigenvalue weighted by Crippen LogP contribution is -2.28. The maximum Gasteiger partial charge on any atom is 0.135 e. The van der Waals surface area contributed by atoms with Gasteiger partial charge in [0.2, 0.25) is 0 Å². The molecule has 1 aromatic rings. The van der Waals surface area contributed by atoms with Gasteiger partial charge in [-0.3, -0.25) is 0 Å². The van der Waals surface area contributed by atoms with Gasteiger partial charge in [0.05, 0.1) is 0 Å². The third kappa shape index (κ3) is 1.95. The first kappa shape index (κ1) is 10.4. The number of hydrogen-bond acceptors (Lipinski definition) is 4. The predicted octanol–water partition coefficient (Wildman–Crippen LogP) is 0.885. The summed E-state index contributed by atoms with van der Waals surface area (Å²) in [6, 6.07) is 0.296. The van der Waals surface area contributed by atoms with Gasteiger partial charge in [0.1, 0.15) is 12.1 Å². The van der Waals surface area contributed by atoms with Crippen molar-refractivity contribution in [2.75, 3.05) is 18.0 Å². The van der Waals surface area contributed by atoms with Gasteiger partial charge in [0.15, 0.2) is 0 Å². The Morgan fingerprint density at radius 2 is 2.33 bits per heavy atom. The van der Waals surface area contributed by atoms with Gasteiger partial charge in [-0.15, -0.1) is 0 Å². The molecule has 2 N–H and O–H groups in total. The van der Waals surface area contributed by atoms with Crippen LogP contribution < -0.4 is 10.6 Å². The van der Waals surface area contributed by atoms with Crippen LogP contribution in [0.5, 0.6) is 0 Å². The minimum absolute atomic E-state index is 0.296. The molecule has 82 valence electrons. The van der Waals surface area contributed by atoms with Crippen LogP contribution in [-0.4, -0.2) is 29.1 Å². The molecule has 0 spiro atoms. The Morgan fingerprint density at radius 1 is 1.53 bits per heavy atom. The van der Waals surface area contributed by atoms with Crippen LogP contribution in [0.25, 0.3) is 0 Å². The van der Waals surface area contributed by atoms with E-state index in [1.54, 1.807) is 6.33 Å². The largest absolute Gasteiger partial charge is 0.355 e. The van der Waals surface area contributed by atoms with Crippen molar-refractivity contribution in [3.05, 3.63) is 17.6 Å². The van der Waals surface area contributed by atoms with Crippen molar-refractivity contribution in [1.82, 2.24) is 9.97 Å². The molecule has 0 saturated carbocycles. The molecule has 1 fully saturated rings. The maximum absolute atomic E-state index is 5.91. The molecule has 0 bridgehead atoms. The average molecular weight is 206 g/mol. The molecule has 4 heteroatoms. The van der Waals surface area contributed by atoms with E-state index >= 15 is 0 Å². The summed E-state index contributed by atoms with van der Waals surface area (Å²) in [6.07, 6.45) is 3.69. The molecule has 4 nitrogen and oxygen atoms in total. The van der Waals surface area contributed by atoms with E-state index in [-0.39, 0.29) is 0 Å². The lowest BCUT2D eigenvalue weighted by atomic mass is 10.1. The van der Waals surface area contributed by atoms with Crippen LogP contribution in [0.3, 0.4) is 0 Å². The van der Waals surface area contributed by atoms with Crippen LogP contribution in [-0.2, 0) is 6.42 Å². The van der Waals surface area contributed by atoms with E-state index in [1.807, 2.05) is 6.92 Å². The molecular weight excluding hydrogens is 188 g/mol. The van der Waals surface area contributed by atoms with Crippen LogP contribution in [0, 0.1) is 6.92 Å². The monoisotopic (exact) mass is 206 g/mol. The number of aryl methyl sites for hydroxylation is 1. The van der Waals surface area contributed by atoms with Crippen molar-refractivity contribution >= 4 is 5.82 Å². The second kappa shape index (κ2) is 4.14. The average Bonchev–Trinajstić information content (AvgIpc) is 2.64. The minimum Gasteiger partial charge on any atom is -0.355 e. The molecule has 1 aliphatic heterocycles. The SMILES string of the molecule is CCc1c(C)ncnc1N1CCC(N)C1. The quantitative estimate of drug-likeness (QED) is 0.780. The first-order valence-electron chi connectivity index (χ1n) is 5.53. The highest BCUT2D eigenvalue weighted by Gasteiger charge is 2.22. The smallest absolute Gasteiger partial charge is 0.135 e. The fourth-order valence-electron chi connectivity index (χ4n) is 2.15. The van der Waals surface area contributed by atoms with Crippen molar-refractivity contribution in [3.63, 3.8) is 0 Å². The Kier molecular flexibility index (Phi) is 2.86. The topological polar surface area (TPSA) is 55.0 Å². The molecule has 2 heterocycles. The van der Waals surface area contributed by atoms with Gasteiger partial charge in [0, 0.05) is 30.4 Å². The minimum atomic E-state index is 0.296. The molecule has 1 aliphatic rings. The summed E-state index contributed by atoms with van der Waals surface area (Å²) in [4.78, 5) is 10.9. The molecule has 1 saturated heterocycles. The maximum atomic E-state index is 5.91. The molecule has 0 aliphatic carbocycles. The van der Waals surface area contributed by atoms with Gasteiger partial charge >= 0.3 is 0 Å². The molecule has 0 aromatic carbocycles. The van der Waals surface area contributed by atoms with Gasteiger partial charge < -0.3 is 10.6 Å². The lowest BCUT2D eigenvalue weighted by molar-refractivity contribution is 0.750. The third-order valence-corrected chi connectivity index (χ3v) is 3.02. The first-order valence-corrected chi connectivity index (χ1v) is 5.53. The first-order chi connectivity index (χ1) is 7.22. The van der Waals surface area contributed by atoms with Gasteiger partial charge in [0.25, 0.3) is 0 Å². The highest BCUT2D eigenvalue weighted by atomic mass is 15.2. The number of nitrogens with two attached hydrogens (primary N) is 1. The van der Waals surface area contributed by atoms with E-state index in [2.05, 4.69) is 21.8 Å². The van der Waals surface area contributed by atoms with Crippen LogP contribution in [0.2, 0.25) is 0 Å². The van der Waals surface area contributed by atoms with Gasteiger partial charge in [-0.2, -0.15) is 0 Å². The zero-order valence-electron chi connectivity index (χ0n) is 9.40. The zero-order chi connectivity index (χ0) is 10.8. The Hall–Kier alpha value is -1.16. The molecule has 15 heavy (non-hydrogen) atoms. The molecule has 1 unspecified atom stereocenters. The lowest BCUT2D eigenvalue weighted by Gasteiger charge is -2.20. The van der Waals surface area contributed by atoms with Gasteiger partial charge in [-0.25, -0.2) is 9.97 Å². The van der Waals surface area contributed by atoms with Crippen LogP contribution in [0.1, 0.15) is 24.6 Å². The van der Waals surface area contributed by atoms with Crippen LogP contribution in [0.15, 0.2) is 6.33 Å². The highest BCUT2D eigenvalue weighted by molar-refractivity contribution is 5.49. The number of rotatable bonds is 2. The molecule has 0 amide bonds. The van der Waals surface area contributed by atoms with Crippen molar-refractivity contribution in [2.45, 2.75) is 32.7 Å². The van der Waals surface area contributed by atoms with E-state index in [1.165, 1.54) is 5.56 Å². The number of nitrogens with zero attached hydrogens (tertiary/aromatic N) is 3. The molecule has 0 radical (unpaired) electrons. The second-order valence-electron chi connectivity index (χ2n) is 4.11. The Morgan fingerprint density at radius 3 is 2.93 bits per heavy atom. The standard InChI is InChI=1S/C11H18N4/c1-3-10-8(2)13-7-14-11(10)15-5-4-9(12)6-15/h7,9H,3-6,12H2,1-2H3. The fraction of sp³-hybridized carbons (Fsp3) is 0.636. The van der Waals surface area contributed by atoms with Crippen molar-refractivity contribution in [2.24, 2.45) is 5.73 Å². The van der Waals surface area contributed by atoms with E-state index < -0.39 is 0 Å². The zero-order valence-corrected chi connectivity index (χ0v) is 9.40. The molecular formula is C11H18N4. The van der Waals surface area contributed by atoms with Crippen molar-refractivity contribution in [3.8, 4) is 0 Å². The molecule has 1 aromatic heterocycles. The van der Waals surface area contributed by atoms with E-state index in [0.717, 1.165) is 37.4 Å². The van der Waals surface area contributed by atoms with E-state index in [4.69, 9.17) is 5.73 Å². The summed E-state index contributed by atoms with van der Waals surface area (Å²) >= 11 is 0. The van der Waals surface area contributed by atoms with Gasteiger partial charge in [-0.05, 0) is 19.8 Å². The van der Waals surface area contributed by atoms with Crippen molar-refractivity contribution < 1.29 is 0 Å². The summed E-state index contributed by atoms with van der Waals surface area (Å²) in [7, 11) is 0. The molecule has 1 atom stereocenters. The third-order valence-electron chi connectivity index (χ3n) is 3.02. The predicted molar refractivity (Wildman–Crippen MR) is 61.0 cm³/mol. The Labute approximate surface area is 90.5 Å². The van der Waals surface area contributed by atoms with Crippen LogP contribution in [0.4, 0.5) is 5.82 Å². The Bertz CT molecular complexity index is 350. The second-order valence-corrected chi connectivity index (χ2v) is 4.11. The summed E-state index contributed by atoms with van der Waals surface area (Å²) in [6.45, 7) is 6.12. The van der Waals surface area contributed by atoms with Crippen molar-refractivity contribution in [1.29, 1.82) is 0 Å². The normalized spacial score (nSPS) is 21.0. The summed E-state index contributed by atoms with van der Waals surface area (Å²) in [5, 5.41) is 0. The number of hydrogen-bond donors (Lipinski definition) is 1. The molecule has 2 rings (SSSR count). The van der Waals surface area contributed by atoms with E-state index in [9.17, 15) is 0 Å². The van der Waals surface area contributed by atoms with Gasteiger partial charge in [-0.1, -0.05) is 6.92 Å². The fourth-order valence-corrected chi connectivity index (χ4v) is 2.15. The summed E-state index contributed by atoms with van der Waals surface area (Å²) in [5.41, 5.74) is 8.25. The Balaban J connectivity index is 2.31. The highest BCUT2D eigenvalue weighted by Crippen LogP contribution is 2.23. The number of aromatic nitrogens is 2. The van der Waals surface area contributed by atoms with Crippen LogP contribution >= 0.6 is 0 Å².